The topological polar surface area (TPSA) is 12.0 Å². The maximum absolute atomic E-state index is 13.1. The van der Waals surface area contributed by atoms with Crippen molar-refractivity contribution in [2.75, 3.05) is 6.54 Å². The van der Waals surface area contributed by atoms with Crippen LogP contribution in [0.1, 0.15) is 30.9 Å². The summed E-state index contributed by atoms with van der Waals surface area (Å²) in [5, 5.41) is 3.63. The van der Waals surface area contributed by atoms with Gasteiger partial charge in [-0.1, -0.05) is 61.8 Å². The van der Waals surface area contributed by atoms with Crippen molar-refractivity contribution in [3.05, 3.63) is 70.5 Å². The smallest absolute Gasteiger partial charge is 0.141 e. The fourth-order valence-electron chi connectivity index (χ4n) is 2.46. The van der Waals surface area contributed by atoms with Gasteiger partial charge in [0.05, 0.1) is 5.02 Å². The number of hydrogen-bond donors (Lipinski definition) is 1. The third-order valence-electron chi connectivity index (χ3n) is 3.71. The van der Waals surface area contributed by atoms with E-state index in [1.165, 1.54) is 11.6 Å². The molecule has 2 aromatic carbocycles. The highest BCUT2D eigenvalue weighted by atomic mass is 35.5. The Kier molecular flexibility index (Phi) is 5.77. The second kappa shape index (κ2) is 7.58. The van der Waals surface area contributed by atoms with Crippen LogP contribution in [0.5, 0.6) is 0 Å². The average molecular weight is 306 g/mol. The van der Waals surface area contributed by atoms with E-state index in [1.54, 1.807) is 12.1 Å². The Morgan fingerprint density at radius 3 is 2.43 bits per heavy atom. The molecule has 21 heavy (non-hydrogen) atoms. The van der Waals surface area contributed by atoms with Crippen LogP contribution < -0.4 is 5.32 Å². The molecule has 1 nitrogen and oxygen atoms in total. The van der Waals surface area contributed by atoms with E-state index in [2.05, 4.69) is 43.4 Å². The minimum atomic E-state index is -0.371. The lowest BCUT2D eigenvalue weighted by atomic mass is 9.88. The van der Waals surface area contributed by atoms with E-state index in [0.29, 0.717) is 18.4 Å². The molecule has 0 aliphatic carbocycles. The monoisotopic (exact) mass is 305 g/mol. The third kappa shape index (κ3) is 4.55. The van der Waals surface area contributed by atoms with Gasteiger partial charge < -0.3 is 5.32 Å². The molecule has 2 aromatic rings. The summed E-state index contributed by atoms with van der Waals surface area (Å²) in [4.78, 5) is 0. The highest BCUT2D eigenvalue weighted by molar-refractivity contribution is 6.30. The standard InChI is InChI=1S/C18H21ClFN/c1-13(2)16(15-6-4-3-5-7-15)12-21-11-14-8-9-18(20)17(19)10-14/h3-10,13,16,21H,11-12H2,1-2H3. The molecule has 0 saturated heterocycles. The molecule has 0 bridgehead atoms. The predicted molar refractivity (Wildman–Crippen MR) is 87.1 cm³/mol. The number of benzene rings is 2. The number of hydrogen-bond acceptors (Lipinski definition) is 1. The largest absolute Gasteiger partial charge is 0.312 e. The van der Waals surface area contributed by atoms with Crippen molar-refractivity contribution in [2.24, 2.45) is 5.92 Å². The molecular weight excluding hydrogens is 285 g/mol. The quantitative estimate of drug-likeness (QED) is 0.791. The van der Waals surface area contributed by atoms with Crippen LogP contribution in [0.3, 0.4) is 0 Å². The van der Waals surface area contributed by atoms with Crippen LogP contribution in [0.2, 0.25) is 5.02 Å². The molecule has 1 N–H and O–H groups in total. The zero-order chi connectivity index (χ0) is 15.2. The molecule has 0 aliphatic rings. The van der Waals surface area contributed by atoms with Crippen LogP contribution in [0.4, 0.5) is 4.39 Å². The maximum atomic E-state index is 13.1. The predicted octanol–water partition coefficient (Wildman–Crippen LogP) is 5.01. The van der Waals surface area contributed by atoms with Crippen LogP contribution in [-0.4, -0.2) is 6.54 Å². The van der Waals surface area contributed by atoms with E-state index >= 15 is 0 Å². The van der Waals surface area contributed by atoms with Gasteiger partial charge >= 0.3 is 0 Å². The minimum absolute atomic E-state index is 0.178. The second-order valence-corrected chi connectivity index (χ2v) is 6.05. The van der Waals surface area contributed by atoms with E-state index in [1.807, 2.05) is 6.07 Å². The van der Waals surface area contributed by atoms with Gasteiger partial charge in [-0.25, -0.2) is 4.39 Å². The number of nitrogens with one attached hydrogen (secondary N) is 1. The first-order valence-corrected chi connectivity index (χ1v) is 7.65. The molecule has 0 amide bonds. The molecule has 3 heteroatoms. The summed E-state index contributed by atoms with van der Waals surface area (Å²) in [5.41, 5.74) is 2.34. The Morgan fingerprint density at radius 2 is 1.81 bits per heavy atom. The third-order valence-corrected chi connectivity index (χ3v) is 4.00. The number of halogens is 2. The van der Waals surface area contributed by atoms with Gasteiger partial charge in [-0.3, -0.25) is 0 Å². The second-order valence-electron chi connectivity index (χ2n) is 5.64. The Labute approximate surface area is 131 Å². The lowest BCUT2D eigenvalue weighted by Crippen LogP contribution is -2.24. The molecule has 0 spiro atoms. The highest BCUT2D eigenvalue weighted by Gasteiger charge is 2.15. The molecule has 0 radical (unpaired) electrons. The van der Waals surface area contributed by atoms with E-state index < -0.39 is 0 Å². The van der Waals surface area contributed by atoms with Crippen LogP contribution in [0, 0.1) is 11.7 Å². The van der Waals surface area contributed by atoms with Crippen molar-refractivity contribution in [1.82, 2.24) is 5.32 Å². The highest BCUT2D eigenvalue weighted by Crippen LogP contribution is 2.23. The van der Waals surface area contributed by atoms with E-state index in [-0.39, 0.29) is 10.8 Å². The molecule has 0 aromatic heterocycles. The fourth-order valence-corrected chi connectivity index (χ4v) is 2.66. The molecular formula is C18H21ClFN. The summed E-state index contributed by atoms with van der Waals surface area (Å²) in [6.07, 6.45) is 0. The number of rotatable bonds is 6. The van der Waals surface area contributed by atoms with Gasteiger partial charge in [0.1, 0.15) is 5.82 Å². The summed E-state index contributed by atoms with van der Waals surface area (Å²) >= 11 is 5.80. The van der Waals surface area contributed by atoms with Crippen LogP contribution >= 0.6 is 11.6 Å². The Morgan fingerprint density at radius 1 is 1.10 bits per heavy atom. The van der Waals surface area contributed by atoms with Crippen molar-refractivity contribution in [1.29, 1.82) is 0 Å². The average Bonchev–Trinajstić information content (AvgIpc) is 2.48. The summed E-state index contributed by atoms with van der Waals surface area (Å²) < 4.78 is 13.1. The first kappa shape index (κ1) is 16.0. The molecule has 0 saturated carbocycles. The van der Waals surface area contributed by atoms with Gasteiger partial charge in [-0.2, -0.15) is 0 Å². The lowest BCUT2D eigenvalue weighted by Gasteiger charge is -2.22. The lowest BCUT2D eigenvalue weighted by molar-refractivity contribution is 0.461. The van der Waals surface area contributed by atoms with E-state index in [9.17, 15) is 4.39 Å². The van der Waals surface area contributed by atoms with Gasteiger partial charge in [0.2, 0.25) is 0 Å². The SMILES string of the molecule is CC(C)C(CNCc1ccc(F)c(Cl)c1)c1ccccc1. The Hall–Kier alpha value is -1.38. The van der Waals surface area contributed by atoms with Crippen molar-refractivity contribution in [3.8, 4) is 0 Å². The summed E-state index contributed by atoms with van der Waals surface area (Å²) in [5.74, 6) is 0.642. The van der Waals surface area contributed by atoms with Gasteiger partial charge in [-0.05, 0) is 35.1 Å². The summed E-state index contributed by atoms with van der Waals surface area (Å²) in [6, 6.07) is 15.4. The van der Waals surface area contributed by atoms with Crippen molar-refractivity contribution in [2.45, 2.75) is 26.3 Å². The minimum Gasteiger partial charge on any atom is -0.312 e. The molecule has 1 atom stereocenters. The van der Waals surface area contributed by atoms with Gasteiger partial charge in [0.25, 0.3) is 0 Å². The van der Waals surface area contributed by atoms with Crippen molar-refractivity contribution < 1.29 is 4.39 Å². The first-order valence-electron chi connectivity index (χ1n) is 7.27. The molecule has 2 rings (SSSR count). The Balaban J connectivity index is 1.95. The molecule has 0 heterocycles. The van der Waals surface area contributed by atoms with Crippen molar-refractivity contribution in [3.63, 3.8) is 0 Å². The van der Waals surface area contributed by atoms with E-state index in [4.69, 9.17) is 11.6 Å². The van der Waals surface area contributed by atoms with Crippen molar-refractivity contribution >= 4 is 11.6 Å². The fraction of sp³-hybridized carbons (Fsp3) is 0.333. The van der Waals surface area contributed by atoms with E-state index in [0.717, 1.165) is 12.1 Å². The molecule has 1 unspecified atom stereocenters. The molecule has 112 valence electrons. The van der Waals surface area contributed by atoms with Crippen LogP contribution in [0.15, 0.2) is 48.5 Å². The molecule has 0 aliphatic heterocycles. The van der Waals surface area contributed by atoms with Gasteiger partial charge in [-0.15, -0.1) is 0 Å². The zero-order valence-corrected chi connectivity index (χ0v) is 13.2. The van der Waals surface area contributed by atoms with Gasteiger partial charge in [0, 0.05) is 13.1 Å². The zero-order valence-electron chi connectivity index (χ0n) is 12.4. The summed E-state index contributed by atoms with van der Waals surface area (Å²) in [6.45, 7) is 6.04. The molecule has 0 fully saturated rings. The first-order chi connectivity index (χ1) is 10.1. The normalized spacial score (nSPS) is 12.6. The van der Waals surface area contributed by atoms with Crippen LogP contribution in [0.25, 0.3) is 0 Å². The summed E-state index contributed by atoms with van der Waals surface area (Å²) in [7, 11) is 0. The Bertz CT molecular complexity index is 569. The van der Waals surface area contributed by atoms with Crippen LogP contribution in [-0.2, 0) is 6.54 Å². The maximum Gasteiger partial charge on any atom is 0.141 e. The van der Waals surface area contributed by atoms with Gasteiger partial charge in [0.15, 0.2) is 0 Å².